The van der Waals surface area contributed by atoms with Gasteiger partial charge in [-0.15, -0.1) is 11.0 Å². The fraction of sp³-hybridized carbons (Fsp3) is 0.326. The molecule has 1 radical (unpaired) electrons. The summed E-state index contributed by atoms with van der Waals surface area (Å²) in [7, 11) is 0. The van der Waals surface area contributed by atoms with Gasteiger partial charge < -0.3 is 9.56 Å². The minimum Gasteiger partial charge on any atom is -0.657 e. The van der Waals surface area contributed by atoms with Gasteiger partial charge in [0.25, 0.3) is 0 Å². The van der Waals surface area contributed by atoms with E-state index in [-0.39, 0.29) is 27.9 Å². The van der Waals surface area contributed by atoms with Crippen LogP contribution in [0.3, 0.4) is 0 Å². The molecule has 1 aliphatic heterocycles. The Morgan fingerprint density at radius 3 is 1.44 bits per heavy atom. The van der Waals surface area contributed by atoms with Crippen molar-refractivity contribution < 1.29 is 22.4 Å². The maximum absolute atomic E-state index is 4.52. The van der Waals surface area contributed by atoms with Crippen LogP contribution in [-0.2, 0) is 27.9 Å². The van der Waals surface area contributed by atoms with Gasteiger partial charge >= 0.3 is 0 Å². The molecular weight excluding hydrogens is 791 g/mol. The van der Waals surface area contributed by atoms with Crippen LogP contribution in [0.4, 0.5) is 17.1 Å². The molecule has 4 heteroatoms. The van der Waals surface area contributed by atoms with Crippen molar-refractivity contribution in [2.45, 2.75) is 98.4 Å². The first-order valence-corrected chi connectivity index (χ1v) is 18.0. The second-order valence-corrected chi connectivity index (χ2v) is 15.2. The van der Waals surface area contributed by atoms with Gasteiger partial charge in [0.2, 0.25) is 6.34 Å². The van der Waals surface area contributed by atoms with Gasteiger partial charge in [-0.05, 0) is 70.5 Å². The van der Waals surface area contributed by atoms with Crippen LogP contribution in [0.15, 0.2) is 109 Å². The number of hydrogen-bond acceptors (Lipinski definition) is 1. The van der Waals surface area contributed by atoms with E-state index in [1.165, 1.54) is 55.7 Å². The number of rotatable bonds is 6. The molecule has 0 fully saturated rings. The number of hydrogen-bond donors (Lipinski definition) is 0. The first-order valence-electron chi connectivity index (χ1n) is 18.0. The maximum atomic E-state index is 4.52. The van der Waals surface area contributed by atoms with Crippen molar-refractivity contribution in [1.82, 2.24) is 9.56 Å². The standard InChI is InChI=1S/C34H44N2.C12H8N.Au/c1-22(2)26-15-13-16-27(23(3)4)32(26)35-21-36(34(9,10)30-19-11-12-20-31(30)35)33-28(24(5)6)17-14-18-29(33)25(7)8;1-3-7-11-9(5-1)10-6-2-4-8-12(10)13-11;/h11-20,22-25H,1-10H3;1-8H;/q;-1;. The summed E-state index contributed by atoms with van der Waals surface area (Å²) in [5, 5.41) is 2.50. The van der Waals surface area contributed by atoms with Crippen molar-refractivity contribution in [3.8, 4) is 0 Å². The summed E-state index contributed by atoms with van der Waals surface area (Å²) in [6, 6.07) is 39.0. The van der Waals surface area contributed by atoms with Crippen LogP contribution >= 0.6 is 0 Å². The summed E-state index contributed by atoms with van der Waals surface area (Å²) in [6.07, 6.45) is 3.98. The number of anilines is 1. The number of aromatic nitrogens is 1. The van der Waals surface area contributed by atoms with Crippen molar-refractivity contribution in [2.24, 2.45) is 0 Å². The van der Waals surface area contributed by atoms with E-state index in [0.29, 0.717) is 23.7 Å². The normalized spacial score (nSPS) is 13.8. The number of benzene rings is 5. The first-order chi connectivity index (χ1) is 23.4. The summed E-state index contributed by atoms with van der Waals surface area (Å²) < 4.78 is 2.37. The van der Waals surface area contributed by atoms with Crippen LogP contribution in [0, 0.1) is 0 Å². The first kappa shape index (κ1) is 37.4. The molecule has 50 heavy (non-hydrogen) atoms. The average Bonchev–Trinajstić information content (AvgIpc) is 3.47. The Hall–Kier alpha value is -3.89. The van der Waals surface area contributed by atoms with E-state index in [0.717, 1.165) is 11.0 Å². The third-order valence-corrected chi connectivity index (χ3v) is 10.0. The Morgan fingerprint density at radius 1 is 0.540 bits per heavy atom. The van der Waals surface area contributed by atoms with Gasteiger partial charge in [-0.3, -0.25) is 4.90 Å². The van der Waals surface area contributed by atoms with E-state index >= 15 is 0 Å². The van der Waals surface area contributed by atoms with Crippen LogP contribution in [-0.4, -0.2) is 6.34 Å². The van der Waals surface area contributed by atoms with Gasteiger partial charge in [-0.25, -0.2) is 0 Å². The topological polar surface area (TPSA) is 20.4 Å². The molecular formula is C46H52AuN3-. The Balaban J connectivity index is 0.000000287. The van der Waals surface area contributed by atoms with Crippen LogP contribution in [0.25, 0.3) is 21.8 Å². The fourth-order valence-corrected chi connectivity index (χ4v) is 7.35. The van der Waals surface area contributed by atoms with E-state index in [4.69, 9.17) is 0 Å². The molecule has 0 bridgehead atoms. The van der Waals surface area contributed by atoms with Gasteiger partial charge in [0.1, 0.15) is 5.54 Å². The monoisotopic (exact) mass is 843 g/mol. The Morgan fingerprint density at radius 2 is 0.960 bits per heavy atom. The van der Waals surface area contributed by atoms with E-state index in [1.807, 2.05) is 12.1 Å². The SMILES string of the molecule is CC(C)c1cccc(C(C)C)c1N1[C-]=[N+](c2c(C(C)C)cccc2C(C)C)c2ccccc2C1(C)C.[Au].c1ccc2c(c1)[n-]c1ccccc12. The molecule has 6 aromatic rings. The minimum atomic E-state index is -0.257. The smallest absolute Gasteiger partial charge is 0.246 e. The summed E-state index contributed by atoms with van der Waals surface area (Å²) in [6.45, 7) is 23.1. The predicted octanol–water partition coefficient (Wildman–Crippen LogP) is 12.6. The molecule has 0 amide bonds. The number of fused-ring (bicyclic) bond motifs is 4. The number of para-hydroxylation sites is 5. The van der Waals surface area contributed by atoms with E-state index in [1.54, 1.807) is 0 Å². The van der Waals surface area contributed by atoms with Gasteiger partial charge in [0.05, 0.1) is 17.1 Å². The average molecular weight is 844 g/mol. The molecule has 0 unspecified atom stereocenters. The van der Waals surface area contributed by atoms with Crippen LogP contribution in [0.1, 0.15) is 121 Å². The molecule has 2 heterocycles. The zero-order valence-electron chi connectivity index (χ0n) is 31.3. The van der Waals surface area contributed by atoms with Crippen molar-refractivity contribution in [3.05, 3.63) is 137 Å². The Kier molecular flexibility index (Phi) is 11.3. The van der Waals surface area contributed by atoms with Crippen molar-refractivity contribution >= 4 is 45.2 Å². The molecule has 5 aromatic carbocycles. The molecule has 0 saturated heterocycles. The molecule has 1 aromatic heterocycles. The summed E-state index contributed by atoms with van der Waals surface area (Å²) in [5.41, 5.74) is 12.5. The maximum Gasteiger partial charge on any atom is 0.246 e. The largest absolute Gasteiger partial charge is 0.657 e. The molecule has 0 atom stereocenters. The second-order valence-electron chi connectivity index (χ2n) is 15.2. The quantitative estimate of drug-likeness (QED) is 0.0946. The van der Waals surface area contributed by atoms with Gasteiger partial charge in [-0.2, -0.15) is 0 Å². The van der Waals surface area contributed by atoms with E-state index in [9.17, 15) is 0 Å². The van der Waals surface area contributed by atoms with Crippen LogP contribution in [0.2, 0.25) is 0 Å². The third kappa shape index (κ3) is 6.89. The zero-order valence-corrected chi connectivity index (χ0v) is 33.5. The van der Waals surface area contributed by atoms with Gasteiger partial charge in [0.15, 0.2) is 0 Å². The molecule has 0 spiro atoms. The van der Waals surface area contributed by atoms with Gasteiger partial charge in [0, 0.05) is 27.9 Å². The fourth-order valence-electron chi connectivity index (χ4n) is 7.35. The van der Waals surface area contributed by atoms with Gasteiger partial charge in [-0.1, -0.05) is 165 Å². The molecule has 7 rings (SSSR count). The molecule has 1 aliphatic rings. The van der Waals surface area contributed by atoms with Crippen molar-refractivity contribution in [2.75, 3.05) is 4.90 Å². The van der Waals surface area contributed by atoms with E-state index < -0.39 is 0 Å². The summed E-state index contributed by atoms with van der Waals surface area (Å²) >= 11 is 0. The van der Waals surface area contributed by atoms with E-state index in [2.05, 4.69) is 187 Å². The second kappa shape index (κ2) is 15.2. The predicted molar refractivity (Wildman–Crippen MR) is 212 cm³/mol. The zero-order chi connectivity index (χ0) is 35.0. The van der Waals surface area contributed by atoms with Crippen molar-refractivity contribution in [3.63, 3.8) is 0 Å². The molecule has 0 N–H and O–H groups in total. The summed E-state index contributed by atoms with van der Waals surface area (Å²) in [5.74, 6) is 1.64. The Bertz CT molecular complexity index is 2030. The molecule has 0 saturated carbocycles. The molecule has 3 nitrogen and oxygen atoms in total. The van der Waals surface area contributed by atoms with Crippen LogP contribution in [0.5, 0.6) is 0 Å². The third-order valence-electron chi connectivity index (χ3n) is 10.0. The Labute approximate surface area is 316 Å². The number of nitrogens with zero attached hydrogens (tertiary/aromatic N) is 3. The van der Waals surface area contributed by atoms with Crippen LogP contribution < -0.4 is 14.5 Å². The van der Waals surface area contributed by atoms with Crippen molar-refractivity contribution in [1.29, 1.82) is 0 Å². The molecule has 0 aliphatic carbocycles. The summed E-state index contributed by atoms with van der Waals surface area (Å²) in [4.78, 5) is 6.96. The molecule has 263 valence electrons. The minimum absolute atomic E-state index is 0.